The summed E-state index contributed by atoms with van der Waals surface area (Å²) in [5, 5.41) is 11.6. The highest BCUT2D eigenvalue weighted by molar-refractivity contribution is 5.70. The molecular formula is C52H83NO7. The zero-order valence-corrected chi connectivity index (χ0v) is 38.3. The average Bonchev–Trinajstić information content (AvgIpc) is 3.21. The van der Waals surface area contributed by atoms with Crippen LogP contribution in [0.25, 0.3) is 0 Å². The van der Waals surface area contributed by atoms with Crippen molar-refractivity contribution in [3.63, 3.8) is 0 Å². The third-order valence-corrected chi connectivity index (χ3v) is 9.49. The Balaban J connectivity index is 4.46. The lowest BCUT2D eigenvalue weighted by atomic mass is 10.1. The first kappa shape index (κ1) is 56.0. The zero-order chi connectivity index (χ0) is 44.2. The molecule has 0 aliphatic heterocycles. The van der Waals surface area contributed by atoms with E-state index in [1.165, 1.54) is 25.7 Å². The molecule has 0 bridgehead atoms. The molecule has 0 radical (unpaired) electrons. The van der Waals surface area contributed by atoms with E-state index in [2.05, 4.69) is 92.8 Å². The summed E-state index contributed by atoms with van der Waals surface area (Å²) in [6.45, 7) is 4.40. The third kappa shape index (κ3) is 39.5. The second-order valence-electron chi connectivity index (χ2n) is 16.0. The van der Waals surface area contributed by atoms with Crippen molar-refractivity contribution in [3.8, 4) is 0 Å². The first-order chi connectivity index (χ1) is 29.1. The van der Waals surface area contributed by atoms with Crippen LogP contribution in [0.1, 0.15) is 149 Å². The number of hydrogen-bond donors (Lipinski definition) is 0. The maximum Gasteiger partial charge on any atom is 0.306 e. The monoisotopic (exact) mass is 834 g/mol. The number of carbonyl (C=O) groups excluding carboxylic acids is 3. The van der Waals surface area contributed by atoms with Crippen molar-refractivity contribution in [1.29, 1.82) is 0 Å². The van der Waals surface area contributed by atoms with Gasteiger partial charge in [0.25, 0.3) is 0 Å². The summed E-state index contributed by atoms with van der Waals surface area (Å²) in [5.41, 5.74) is 0. The van der Waals surface area contributed by atoms with Crippen molar-refractivity contribution in [1.82, 2.24) is 0 Å². The number of unbranched alkanes of at least 4 members (excludes halogenated alkanes) is 10. The number of aliphatic carboxylic acids is 1. The smallest absolute Gasteiger partial charge is 0.306 e. The van der Waals surface area contributed by atoms with Crippen LogP contribution in [-0.2, 0) is 28.6 Å². The Bertz CT molecular complexity index is 1340. The van der Waals surface area contributed by atoms with E-state index in [0.717, 1.165) is 83.5 Å². The zero-order valence-electron chi connectivity index (χ0n) is 38.3. The summed E-state index contributed by atoms with van der Waals surface area (Å²) in [4.78, 5) is 36.9. The molecule has 0 amide bonds. The summed E-state index contributed by atoms with van der Waals surface area (Å²) in [7, 11) is 5.37. The first-order valence-corrected chi connectivity index (χ1v) is 23.0. The predicted octanol–water partition coefficient (Wildman–Crippen LogP) is 11.5. The van der Waals surface area contributed by atoms with Crippen LogP contribution in [0.5, 0.6) is 0 Å². The van der Waals surface area contributed by atoms with E-state index in [1.807, 2.05) is 30.4 Å². The fraction of sp³-hybridized carbons (Fsp3) is 0.596. The minimum Gasteiger partial charge on any atom is -0.544 e. The van der Waals surface area contributed by atoms with Gasteiger partial charge in [0.05, 0.1) is 40.3 Å². The second kappa shape index (κ2) is 41.7. The van der Waals surface area contributed by atoms with Crippen molar-refractivity contribution in [2.24, 2.45) is 0 Å². The van der Waals surface area contributed by atoms with E-state index in [0.29, 0.717) is 6.42 Å². The Morgan fingerprint density at radius 2 is 1.00 bits per heavy atom. The molecule has 8 nitrogen and oxygen atoms in total. The lowest BCUT2D eigenvalue weighted by Crippen LogP contribution is -2.55. The van der Waals surface area contributed by atoms with Crippen molar-refractivity contribution >= 4 is 17.9 Å². The summed E-state index contributed by atoms with van der Waals surface area (Å²) < 4.78 is 17.1. The summed E-state index contributed by atoms with van der Waals surface area (Å²) in [6.07, 6.45) is 56.9. The Labute approximate surface area is 366 Å². The maximum absolute atomic E-state index is 12.7. The molecule has 0 aromatic heterocycles. The van der Waals surface area contributed by atoms with Crippen molar-refractivity contribution in [3.05, 3.63) is 109 Å². The molecule has 60 heavy (non-hydrogen) atoms. The van der Waals surface area contributed by atoms with Gasteiger partial charge in [0.1, 0.15) is 12.6 Å². The van der Waals surface area contributed by atoms with Crippen molar-refractivity contribution in [2.45, 2.75) is 161 Å². The lowest BCUT2D eigenvalue weighted by Gasteiger charge is -2.34. The average molecular weight is 834 g/mol. The fourth-order valence-corrected chi connectivity index (χ4v) is 5.92. The van der Waals surface area contributed by atoms with Crippen molar-refractivity contribution < 1.29 is 38.2 Å². The van der Waals surface area contributed by atoms with Gasteiger partial charge in [-0.25, -0.2) is 0 Å². The number of likely N-dealkylation sites (N-methyl/N-ethyl adjacent to an activating group) is 1. The third-order valence-electron chi connectivity index (χ3n) is 9.49. The van der Waals surface area contributed by atoms with Gasteiger partial charge in [-0.2, -0.15) is 0 Å². The van der Waals surface area contributed by atoms with Gasteiger partial charge < -0.3 is 28.6 Å². The molecule has 2 unspecified atom stereocenters. The normalized spacial score (nSPS) is 13.9. The molecular weight excluding hydrogens is 751 g/mol. The summed E-state index contributed by atoms with van der Waals surface area (Å²) >= 11 is 0. The number of carbonyl (C=O) groups is 3. The number of rotatable bonds is 39. The number of esters is 2. The Morgan fingerprint density at radius 1 is 0.533 bits per heavy atom. The van der Waals surface area contributed by atoms with Crippen LogP contribution in [0.4, 0.5) is 0 Å². The number of nitrogens with zero attached hydrogens (tertiary/aromatic N) is 1. The molecule has 0 N–H and O–H groups in total. The highest BCUT2D eigenvalue weighted by Gasteiger charge is 2.25. The molecule has 0 aliphatic rings. The molecule has 0 heterocycles. The van der Waals surface area contributed by atoms with Crippen LogP contribution < -0.4 is 5.11 Å². The largest absolute Gasteiger partial charge is 0.544 e. The molecule has 0 aromatic carbocycles. The topological polar surface area (TPSA) is 102 Å². The Morgan fingerprint density at radius 3 is 1.57 bits per heavy atom. The number of carboxylic acids is 1. The number of carboxylic acid groups (broad SMARTS) is 1. The lowest BCUT2D eigenvalue weighted by molar-refractivity contribution is -0.889. The van der Waals surface area contributed by atoms with Gasteiger partial charge in [0.2, 0.25) is 0 Å². The van der Waals surface area contributed by atoms with Crippen LogP contribution in [-0.4, -0.2) is 75.5 Å². The van der Waals surface area contributed by atoms with Gasteiger partial charge in [-0.1, -0.05) is 155 Å². The van der Waals surface area contributed by atoms with E-state index < -0.39 is 18.1 Å². The number of hydrogen-bond acceptors (Lipinski definition) is 7. The van der Waals surface area contributed by atoms with Gasteiger partial charge in [-0.15, -0.1) is 0 Å². The van der Waals surface area contributed by atoms with E-state index in [-0.39, 0.29) is 55.5 Å². The molecule has 338 valence electrons. The predicted molar refractivity (Wildman–Crippen MR) is 249 cm³/mol. The fourth-order valence-electron chi connectivity index (χ4n) is 5.92. The van der Waals surface area contributed by atoms with Crippen LogP contribution in [0.15, 0.2) is 109 Å². The first-order valence-electron chi connectivity index (χ1n) is 23.0. The van der Waals surface area contributed by atoms with Gasteiger partial charge in [0, 0.05) is 19.3 Å². The highest BCUT2D eigenvalue weighted by Crippen LogP contribution is 2.12. The highest BCUT2D eigenvalue weighted by atomic mass is 16.6. The minimum atomic E-state index is -1.14. The standard InChI is InChI=1S/C52H83NO7/c1-6-8-10-12-14-16-18-20-22-23-24-25-26-27-29-30-32-34-36-38-40-42-50(54)59-47-48(46-58-45-44-49(52(56)57)53(3,4)5)60-51(55)43-41-39-37-35-33-31-28-21-19-17-15-13-11-9-7-2/h9,11,13-17,19-22,24-25,27-29,32,34,48-49H,6-8,10,12,18,23,26,30-31,33,35-47H2,1-5H3/b11-9+,15-13+,16-14+,19-17+,22-20+,25-24+,28-21+,29-27+,34-32+. The molecule has 0 rings (SSSR count). The molecule has 0 aromatic rings. The minimum absolute atomic E-state index is 0.00899. The molecule has 2 atom stereocenters. The van der Waals surface area contributed by atoms with Crippen molar-refractivity contribution in [2.75, 3.05) is 41.0 Å². The van der Waals surface area contributed by atoms with Gasteiger partial charge >= 0.3 is 11.9 Å². The maximum atomic E-state index is 12.7. The van der Waals surface area contributed by atoms with E-state index in [1.54, 1.807) is 21.1 Å². The van der Waals surface area contributed by atoms with E-state index >= 15 is 0 Å². The van der Waals surface area contributed by atoms with Crippen LogP contribution in [0.2, 0.25) is 0 Å². The van der Waals surface area contributed by atoms with Gasteiger partial charge in [0.15, 0.2) is 6.10 Å². The number of ether oxygens (including phenoxy) is 3. The molecule has 0 fully saturated rings. The van der Waals surface area contributed by atoms with Crippen LogP contribution in [0.3, 0.4) is 0 Å². The molecule has 0 aliphatic carbocycles. The Hall–Kier alpha value is -4.01. The summed E-state index contributed by atoms with van der Waals surface area (Å²) in [5.74, 6) is -1.84. The molecule has 8 heteroatoms. The van der Waals surface area contributed by atoms with E-state index in [9.17, 15) is 19.5 Å². The summed E-state index contributed by atoms with van der Waals surface area (Å²) in [6, 6.07) is -0.744. The number of quaternary nitrogens is 1. The van der Waals surface area contributed by atoms with E-state index in [4.69, 9.17) is 14.2 Å². The SMILES string of the molecule is CC/C=C/C=C/C=C/C=C/CCCCCCCC(=O)OC(COCCC(C(=O)[O-])[N+](C)(C)C)COC(=O)CCCC/C=C/C/C=C/C/C=C/C/C=C/C/C=C/CCCCC. The quantitative estimate of drug-likeness (QED) is 0.0200. The van der Waals surface area contributed by atoms with Crippen LogP contribution in [0, 0.1) is 0 Å². The molecule has 0 saturated heterocycles. The second-order valence-corrected chi connectivity index (χ2v) is 16.0. The Kier molecular flexibility index (Phi) is 38.9. The molecule has 0 saturated carbocycles. The van der Waals surface area contributed by atoms with Gasteiger partial charge in [-0.05, 0) is 83.5 Å². The van der Waals surface area contributed by atoms with Crippen LogP contribution >= 0.6 is 0 Å². The number of allylic oxidation sites excluding steroid dienone is 18. The van der Waals surface area contributed by atoms with Gasteiger partial charge in [-0.3, -0.25) is 9.59 Å². The molecule has 0 spiro atoms.